The number of aryl methyl sites for hydroxylation is 1. The van der Waals surface area contributed by atoms with Crippen molar-refractivity contribution < 1.29 is 67.8 Å². The minimum Gasteiger partial charge on any atom is -0.507 e. The predicted molar refractivity (Wildman–Crippen MR) is 279 cm³/mol. The third-order valence-electron chi connectivity index (χ3n) is 17.0. The summed E-state index contributed by atoms with van der Waals surface area (Å²) in [4.78, 5) is 101. The van der Waals surface area contributed by atoms with Crippen molar-refractivity contribution in [2.75, 3.05) is 31.1 Å². The first kappa shape index (κ1) is 54.7. The molecule has 10 rings (SSSR count). The van der Waals surface area contributed by atoms with Gasteiger partial charge in [0.1, 0.15) is 34.6 Å². The summed E-state index contributed by atoms with van der Waals surface area (Å²) in [6, 6.07) is 1.42. The summed E-state index contributed by atoms with van der Waals surface area (Å²) in [6.45, 7) is 15.4. The number of aromatic hydroxyl groups is 1. The van der Waals surface area contributed by atoms with Crippen LogP contribution in [0.1, 0.15) is 145 Å². The molecule has 7 heterocycles. The van der Waals surface area contributed by atoms with Gasteiger partial charge in [-0.3, -0.25) is 33.2 Å². The number of esters is 1. The van der Waals surface area contributed by atoms with Crippen LogP contribution in [0, 0.1) is 55.2 Å². The second-order valence-corrected chi connectivity index (χ2v) is 22.3. The number of ether oxygens (including phenoxy) is 3. The van der Waals surface area contributed by atoms with Gasteiger partial charge in [-0.25, -0.2) is 9.18 Å². The SMILES string of the molecule is CC(=O)O[C@H]1[C@H](C)[C@H](O)[C@H](C)[C@@H](O)[C@@H](C)/C=C/C=C(/C)C(=O)NC2=C(N3CCC4CN(c5c(F)cn6c(=O)c(C(=O)O)cc(C7CC7)c6c5C)CCC4C3)C(=O)c3c(c(O)c(C)c4c3C(=O)[C@@](C)(O/C=C/C[C@H]1C)O4)C2=O. The molecule has 2 aliphatic carbocycles. The van der Waals surface area contributed by atoms with E-state index in [1.54, 1.807) is 50.8 Å². The number of phenolic OH excluding ortho intramolecular Hbond substituents is 1. The zero-order valence-corrected chi connectivity index (χ0v) is 44.8. The van der Waals surface area contributed by atoms with E-state index in [2.05, 4.69) is 5.32 Å². The van der Waals surface area contributed by atoms with Gasteiger partial charge in [0.15, 0.2) is 5.82 Å². The third kappa shape index (κ3) is 9.63. The molecule has 2 unspecified atom stereocenters. The van der Waals surface area contributed by atoms with Crippen LogP contribution in [-0.4, -0.2) is 115 Å². The number of Topliss-reactive ketones (excluding diaryl/α,β-unsaturated/α-hetero) is 3. The first-order valence-corrected chi connectivity index (χ1v) is 26.5. The number of hydrogen-bond acceptors (Lipinski definition) is 15. The van der Waals surface area contributed by atoms with E-state index in [9.17, 15) is 44.4 Å². The number of nitrogens with one attached hydrogen (secondary N) is 1. The van der Waals surface area contributed by atoms with E-state index in [1.807, 2.05) is 11.8 Å². The summed E-state index contributed by atoms with van der Waals surface area (Å²) >= 11 is 0. The van der Waals surface area contributed by atoms with Crippen molar-refractivity contribution in [3.05, 3.63) is 115 Å². The van der Waals surface area contributed by atoms with Crippen LogP contribution >= 0.6 is 0 Å². The number of aliphatic hydroxyl groups is 2. The average Bonchev–Trinajstić information content (AvgIpc) is 4.20. The normalized spacial score (nSPS) is 30.8. The van der Waals surface area contributed by atoms with Gasteiger partial charge in [0.2, 0.25) is 11.6 Å². The quantitative estimate of drug-likeness (QED) is 0.165. The number of aromatic carboxylic acids is 1. The molecule has 2 aromatic heterocycles. The average molecular weight is 1060 g/mol. The van der Waals surface area contributed by atoms with Gasteiger partial charge in [-0.2, -0.15) is 0 Å². The molecule has 0 radical (unpaired) electrons. The molecule has 10 atom stereocenters. The van der Waals surface area contributed by atoms with E-state index in [4.69, 9.17) is 14.2 Å². The zero-order chi connectivity index (χ0) is 55.8. The van der Waals surface area contributed by atoms with Crippen LogP contribution in [0.4, 0.5) is 10.1 Å². The smallest absolute Gasteiger partial charge is 0.341 e. The molecule has 7 aliphatic rings. The number of phenols is 1. The van der Waals surface area contributed by atoms with Gasteiger partial charge in [0.05, 0.1) is 52.6 Å². The molecule has 0 spiro atoms. The summed E-state index contributed by atoms with van der Waals surface area (Å²) in [5.41, 5.74) is -0.880. The lowest BCUT2D eigenvalue weighted by Crippen LogP contribution is -2.51. The molecular formula is C58H67FN4O14. The number of nitrogens with zero attached hydrogens (tertiary/aromatic N) is 3. The Morgan fingerprint density at radius 1 is 0.870 bits per heavy atom. The second kappa shape index (κ2) is 20.7. The number of hydrogen-bond donors (Lipinski definition) is 5. The van der Waals surface area contributed by atoms with Crippen LogP contribution in [-0.2, 0) is 19.1 Å². The highest BCUT2D eigenvalue weighted by Gasteiger charge is 2.54. The lowest BCUT2D eigenvalue weighted by atomic mass is 9.78. The van der Waals surface area contributed by atoms with E-state index >= 15 is 14.0 Å². The predicted octanol–water partition coefficient (Wildman–Crippen LogP) is 6.82. The second-order valence-electron chi connectivity index (χ2n) is 22.3. The fourth-order valence-electron chi connectivity index (χ4n) is 12.3. The van der Waals surface area contributed by atoms with Gasteiger partial charge in [-0.15, -0.1) is 0 Å². The van der Waals surface area contributed by atoms with Gasteiger partial charge in [-0.1, -0.05) is 45.9 Å². The molecule has 3 aromatic rings. The first-order chi connectivity index (χ1) is 36.4. The van der Waals surface area contributed by atoms with E-state index < -0.39 is 122 Å². The number of amides is 1. The number of carbonyl (C=O) groups is 6. The van der Waals surface area contributed by atoms with Gasteiger partial charge in [0, 0.05) is 68.9 Å². The van der Waals surface area contributed by atoms with Crippen molar-refractivity contribution in [3.63, 3.8) is 0 Å². The van der Waals surface area contributed by atoms with E-state index in [0.29, 0.717) is 48.3 Å². The number of rotatable bonds is 5. The van der Waals surface area contributed by atoms with E-state index in [-0.39, 0.29) is 65.4 Å². The highest BCUT2D eigenvalue weighted by atomic mass is 19.1. The van der Waals surface area contributed by atoms with Crippen LogP contribution in [0.5, 0.6) is 11.5 Å². The number of fused-ring (bicyclic) bond motifs is 16. The minimum absolute atomic E-state index is 0.0205. The highest BCUT2D eigenvalue weighted by Crippen LogP contribution is 2.50. The van der Waals surface area contributed by atoms with Crippen LogP contribution in [0.2, 0.25) is 0 Å². The molecule has 1 aromatic carbocycles. The minimum atomic E-state index is -2.09. The molecule has 410 valence electrons. The third-order valence-corrected chi connectivity index (χ3v) is 17.0. The zero-order valence-electron chi connectivity index (χ0n) is 44.8. The Kier molecular flexibility index (Phi) is 14.7. The topological polar surface area (TPSA) is 251 Å². The van der Waals surface area contributed by atoms with Crippen molar-refractivity contribution in [2.24, 2.45) is 35.5 Å². The molecule has 1 saturated carbocycles. The lowest BCUT2D eigenvalue weighted by Gasteiger charge is -2.47. The van der Waals surface area contributed by atoms with Gasteiger partial charge in [-0.05, 0) is 99.8 Å². The van der Waals surface area contributed by atoms with Crippen molar-refractivity contribution in [3.8, 4) is 11.5 Å². The highest BCUT2D eigenvalue weighted by molar-refractivity contribution is 6.32. The number of benzene rings is 1. The Morgan fingerprint density at radius 3 is 2.18 bits per heavy atom. The molecule has 5 aliphatic heterocycles. The molecule has 77 heavy (non-hydrogen) atoms. The number of carboxylic acids is 1. The molecule has 2 saturated heterocycles. The van der Waals surface area contributed by atoms with Crippen LogP contribution in [0.25, 0.3) is 5.52 Å². The number of carbonyl (C=O) groups excluding carboxylic acids is 5. The van der Waals surface area contributed by atoms with Crippen LogP contribution in [0.15, 0.2) is 64.6 Å². The monoisotopic (exact) mass is 1060 g/mol. The summed E-state index contributed by atoms with van der Waals surface area (Å²) in [6.07, 6.45) is 8.40. The molecule has 18 nitrogen and oxygen atoms in total. The maximum atomic E-state index is 16.4. The Balaban J connectivity index is 1.07. The molecule has 19 heteroatoms. The van der Waals surface area contributed by atoms with Gasteiger partial charge >= 0.3 is 17.7 Å². The summed E-state index contributed by atoms with van der Waals surface area (Å²) in [5, 5.41) is 47.3. The Hall–Kier alpha value is -7.12. The molecule has 1 amide bonds. The van der Waals surface area contributed by atoms with Gasteiger partial charge in [0.25, 0.3) is 17.2 Å². The summed E-state index contributed by atoms with van der Waals surface area (Å²) in [7, 11) is 0. The number of aliphatic hydroxyl groups excluding tert-OH is 2. The number of piperidine rings is 2. The molecule has 3 fully saturated rings. The largest absolute Gasteiger partial charge is 0.507 e. The summed E-state index contributed by atoms with van der Waals surface area (Å²) < 4.78 is 35.4. The first-order valence-electron chi connectivity index (χ1n) is 26.5. The van der Waals surface area contributed by atoms with Crippen molar-refractivity contribution in [2.45, 2.75) is 124 Å². The number of anilines is 1. The van der Waals surface area contributed by atoms with Crippen LogP contribution in [0.3, 0.4) is 0 Å². The Bertz CT molecular complexity index is 3220. The number of carboxylic acid groups (broad SMARTS) is 1. The standard InChI is InChI=1S/C58H67FN4O14/c1-26-12-10-13-28(3)55(71)60-43-46(62-20-18-35-23-61(19-17-36(35)24-62)45-29(4)44-37(34-15-16-34)22-38(57(73)74)56(72)63(44)25-39(45)59)51(69)40-41(50(43)68)49(67)32(7)53-42(40)54(70)58(9,77-53)75-21-11-14-27(2)52(76-33(8)64)31(6)48(66)30(5)47(26)65/h10-13,21-22,25-27,30-31,34-36,47-48,52,65-67H,14-20,23-24H2,1-9H3,(H,60,71)(H,73,74)/b12-10+,21-11+,28-13-/t26-,27+,30+,31+,35?,36?,47-,48+,52+,58-/m0/s1. The van der Waals surface area contributed by atoms with E-state index in [1.165, 1.54) is 46.1 Å². The van der Waals surface area contributed by atoms with Crippen molar-refractivity contribution >= 4 is 46.4 Å². The fraction of sp³-hybridized carbons (Fsp3) is 0.500. The maximum absolute atomic E-state index is 16.4. The molecular weight excluding hydrogens is 996 g/mol. The summed E-state index contributed by atoms with van der Waals surface area (Å²) in [5.74, 6) is -11.2. The number of aromatic nitrogens is 1. The number of pyridine rings is 2. The van der Waals surface area contributed by atoms with Crippen molar-refractivity contribution in [1.82, 2.24) is 14.6 Å². The van der Waals surface area contributed by atoms with Crippen molar-refractivity contribution in [1.29, 1.82) is 0 Å². The molecule has 5 N–H and O–H groups in total. The number of allylic oxidation sites excluding steroid dienone is 5. The number of halogens is 1. The Morgan fingerprint density at radius 2 is 1.53 bits per heavy atom. The number of ketones is 3. The Labute approximate surface area is 444 Å². The fourth-order valence-corrected chi connectivity index (χ4v) is 12.3. The number of likely N-dealkylation sites (tertiary alicyclic amines) is 1. The lowest BCUT2D eigenvalue weighted by molar-refractivity contribution is -0.157. The van der Waals surface area contributed by atoms with Gasteiger partial charge < -0.3 is 49.8 Å². The van der Waals surface area contributed by atoms with E-state index in [0.717, 1.165) is 23.4 Å². The maximum Gasteiger partial charge on any atom is 0.341 e. The molecule has 5 bridgehead atoms. The van der Waals surface area contributed by atoms with Crippen LogP contribution < -0.4 is 20.5 Å².